The maximum absolute atomic E-state index is 11.6. The fraction of sp³-hybridized carbons (Fsp3) is 0.250. The number of aryl methyl sites for hydroxylation is 1. The van der Waals surface area contributed by atoms with Gasteiger partial charge in [-0.05, 0) is 30.5 Å². The highest BCUT2D eigenvalue weighted by Gasteiger charge is 2.05. The van der Waals surface area contributed by atoms with Crippen LogP contribution >= 0.6 is 0 Å². The number of amides is 1. The molecule has 0 radical (unpaired) electrons. The largest absolute Gasteiger partial charge is 0.491 e. The molecule has 0 spiro atoms. The van der Waals surface area contributed by atoms with Crippen molar-refractivity contribution in [3.8, 4) is 5.75 Å². The van der Waals surface area contributed by atoms with Gasteiger partial charge in [-0.1, -0.05) is 48.5 Å². The molecular weight excluding hydrogens is 300 g/mol. The highest BCUT2D eigenvalue weighted by atomic mass is 16.5. The molecule has 0 saturated heterocycles. The van der Waals surface area contributed by atoms with Gasteiger partial charge in [0.25, 0.3) is 0 Å². The smallest absolute Gasteiger partial charge is 0.239 e. The lowest BCUT2D eigenvalue weighted by Gasteiger charge is -2.13. The summed E-state index contributed by atoms with van der Waals surface area (Å²) in [5.41, 5.74) is 2.14. The number of carbonyl (C=O) groups excluding carboxylic acids is 1. The highest BCUT2D eigenvalue weighted by molar-refractivity contribution is 5.81. The average Bonchev–Trinajstić information content (AvgIpc) is 2.63. The molecule has 0 bridgehead atoms. The van der Waals surface area contributed by atoms with Crippen molar-refractivity contribution in [1.29, 1.82) is 0 Å². The minimum absolute atomic E-state index is 0.0752. The van der Waals surface area contributed by atoms with Crippen LogP contribution in [0.2, 0.25) is 0 Å². The average molecular weight is 324 g/mol. The van der Waals surface area contributed by atoms with E-state index in [1.807, 2.05) is 42.5 Å². The van der Waals surface area contributed by atoms with Crippen LogP contribution in [0.1, 0.15) is 12.0 Å². The molecule has 0 fully saturated rings. The lowest BCUT2D eigenvalue weighted by atomic mass is 10.1. The second kappa shape index (κ2) is 10.1. The second-order valence-electron chi connectivity index (χ2n) is 5.38. The summed E-state index contributed by atoms with van der Waals surface area (Å²) in [7, 11) is 0. The maximum atomic E-state index is 11.6. The van der Waals surface area contributed by atoms with E-state index in [4.69, 9.17) is 4.74 Å². The molecule has 4 nitrogen and oxygen atoms in total. The first kappa shape index (κ1) is 17.6. The molecule has 24 heavy (non-hydrogen) atoms. The van der Waals surface area contributed by atoms with Crippen LogP contribution < -0.4 is 15.4 Å². The van der Waals surface area contributed by atoms with Crippen molar-refractivity contribution in [3.05, 3.63) is 72.8 Å². The molecule has 0 atom stereocenters. The van der Waals surface area contributed by atoms with Crippen LogP contribution in [-0.4, -0.2) is 25.6 Å². The van der Waals surface area contributed by atoms with E-state index in [0.29, 0.717) is 13.2 Å². The Balaban J connectivity index is 1.78. The normalized spacial score (nSPS) is 10.0. The molecule has 0 aliphatic carbocycles. The third-order valence-electron chi connectivity index (χ3n) is 3.48. The van der Waals surface area contributed by atoms with Gasteiger partial charge >= 0.3 is 0 Å². The summed E-state index contributed by atoms with van der Waals surface area (Å²) >= 11 is 0. The summed E-state index contributed by atoms with van der Waals surface area (Å²) in [6.07, 6.45) is 3.58. The van der Waals surface area contributed by atoms with E-state index < -0.39 is 0 Å². The van der Waals surface area contributed by atoms with E-state index in [-0.39, 0.29) is 12.5 Å². The van der Waals surface area contributed by atoms with Crippen LogP contribution in [0.4, 0.5) is 5.69 Å². The predicted molar refractivity (Wildman–Crippen MR) is 98.4 cm³/mol. The first-order valence-corrected chi connectivity index (χ1v) is 8.17. The minimum Gasteiger partial charge on any atom is -0.491 e. The Labute approximate surface area is 143 Å². The highest BCUT2D eigenvalue weighted by Crippen LogP contribution is 2.23. The van der Waals surface area contributed by atoms with Crippen molar-refractivity contribution in [3.63, 3.8) is 0 Å². The number of hydrogen-bond donors (Lipinski definition) is 2. The quantitative estimate of drug-likeness (QED) is 0.520. The van der Waals surface area contributed by atoms with Gasteiger partial charge in [-0.15, -0.1) is 6.58 Å². The summed E-state index contributed by atoms with van der Waals surface area (Å²) in [5, 5.41) is 5.84. The first-order valence-electron chi connectivity index (χ1n) is 8.17. The maximum Gasteiger partial charge on any atom is 0.239 e. The third-order valence-corrected chi connectivity index (χ3v) is 3.48. The van der Waals surface area contributed by atoms with Crippen LogP contribution in [-0.2, 0) is 11.2 Å². The number of benzene rings is 2. The van der Waals surface area contributed by atoms with Gasteiger partial charge in [0.1, 0.15) is 5.75 Å². The third kappa shape index (κ3) is 6.16. The monoisotopic (exact) mass is 324 g/mol. The van der Waals surface area contributed by atoms with E-state index in [1.165, 1.54) is 5.56 Å². The molecule has 0 aliphatic heterocycles. The predicted octanol–water partition coefficient (Wildman–Crippen LogP) is 3.41. The Morgan fingerprint density at radius 1 is 1.08 bits per heavy atom. The van der Waals surface area contributed by atoms with Gasteiger partial charge in [0, 0.05) is 6.54 Å². The number of carbonyl (C=O) groups is 1. The molecule has 4 heteroatoms. The van der Waals surface area contributed by atoms with Crippen LogP contribution in [0.3, 0.4) is 0 Å². The zero-order valence-electron chi connectivity index (χ0n) is 13.8. The minimum atomic E-state index is -0.0752. The summed E-state index contributed by atoms with van der Waals surface area (Å²) < 4.78 is 5.86. The molecule has 2 N–H and O–H groups in total. The summed E-state index contributed by atoms with van der Waals surface area (Å²) in [5.74, 6) is 0.691. The van der Waals surface area contributed by atoms with E-state index in [9.17, 15) is 4.79 Å². The topological polar surface area (TPSA) is 50.4 Å². The molecule has 2 aromatic carbocycles. The summed E-state index contributed by atoms with van der Waals surface area (Å²) in [6.45, 7) is 4.89. The SMILES string of the molecule is C=CCNC(=O)CNc1ccccc1OCCCc1ccccc1. The molecular formula is C20H24N2O2. The van der Waals surface area contributed by atoms with Crippen LogP contribution in [0.15, 0.2) is 67.3 Å². The molecule has 0 heterocycles. The van der Waals surface area contributed by atoms with E-state index in [1.54, 1.807) is 6.08 Å². The van der Waals surface area contributed by atoms with Gasteiger partial charge in [0.2, 0.25) is 5.91 Å². The second-order valence-corrected chi connectivity index (χ2v) is 5.38. The number of rotatable bonds is 10. The fourth-order valence-corrected chi connectivity index (χ4v) is 2.27. The molecule has 0 aromatic heterocycles. The van der Waals surface area contributed by atoms with Crippen molar-refractivity contribution in [2.24, 2.45) is 0 Å². The number of ether oxygens (including phenoxy) is 1. The number of anilines is 1. The van der Waals surface area contributed by atoms with Crippen molar-refractivity contribution in [1.82, 2.24) is 5.32 Å². The molecule has 1 amide bonds. The van der Waals surface area contributed by atoms with Crippen LogP contribution in [0.5, 0.6) is 5.75 Å². The molecule has 0 saturated carbocycles. The number of para-hydroxylation sites is 2. The Morgan fingerprint density at radius 3 is 2.62 bits per heavy atom. The van der Waals surface area contributed by atoms with Gasteiger partial charge in [0.15, 0.2) is 0 Å². The lowest BCUT2D eigenvalue weighted by molar-refractivity contribution is -0.119. The molecule has 0 aliphatic rings. The standard InChI is InChI=1S/C20H24N2O2/c1-2-14-21-20(23)16-22-18-12-6-7-13-19(18)24-15-8-11-17-9-4-3-5-10-17/h2-7,9-10,12-13,22H,1,8,11,14-16H2,(H,21,23). The fourth-order valence-electron chi connectivity index (χ4n) is 2.27. The van der Waals surface area contributed by atoms with Crippen molar-refractivity contribution < 1.29 is 9.53 Å². The Hall–Kier alpha value is -2.75. The van der Waals surface area contributed by atoms with Gasteiger partial charge in [0.05, 0.1) is 18.8 Å². The van der Waals surface area contributed by atoms with E-state index in [0.717, 1.165) is 24.3 Å². The van der Waals surface area contributed by atoms with Crippen molar-refractivity contribution >= 4 is 11.6 Å². The van der Waals surface area contributed by atoms with Crippen molar-refractivity contribution in [2.45, 2.75) is 12.8 Å². The first-order chi connectivity index (χ1) is 11.8. The summed E-state index contributed by atoms with van der Waals surface area (Å²) in [4.78, 5) is 11.6. The molecule has 0 unspecified atom stereocenters. The lowest BCUT2D eigenvalue weighted by Crippen LogP contribution is -2.29. The number of hydrogen-bond acceptors (Lipinski definition) is 3. The Morgan fingerprint density at radius 2 is 1.83 bits per heavy atom. The van der Waals surface area contributed by atoms with E-state index in [2.05, 4.69) is 29.3 Å². The Bertz CT molecular complexity index is 641. The van der Waals surface area contributed by atoms with Gasteiger partial charge in [-0.2, -0.15) is 0 Å². The summed E-state index contributed by atoms with van der Waals surface area (Å²) in [6, 6.07) is 18.0. The van der Waals surface area contributed by atoms with Gasteiger partial charge in [-0.3, -0.25) is 4.79 Å². The van der Waals surface area contributed by atoms with Gasteiger partial charge in [-0.25, -0.2) is 0 Å². The van der Waals surface area contributed by atoms with Crippen LogP contribution in [0.25, 0.3) is 0 Å². The van der Waals surface area contributed by atoms with Crippen LogP contribution in [0, 0.1) is 0 Å². The van der Waals surface area contributed by atoms with E-state index >= 15 is 0 Å². The zero-order chi connectivity index (χ0) is 17.0. The molecule has 2 aromatic rings. The molecule has 126 valence electrons. The number of nitrogens with one attached hydrogen (secondary N) is 2. The molecule has 2 rings (SSSR count). The Kier molecular flexibility index (Phi) is 7.41. The van der Waals surface area contributed by atoms with Gasteiger partial charge < -0.3 is 15.4 Å². The zero-order valence-corrected chi connectivity index (χ0v) is 13.8. The van der Waals surface area contributed by atoms with Crippen molar-refractivity contribution in [2.75, 3.05) is 25.0 Å².